The zero-order valence-electron chi connectivity index (χ0n) is 14.7. The third kappa shape index (κ3) is 5.19. The SMILES string of the molecule is CC(CC(=O)N1CC[C@@H]2CNC[C@@H]2CC1)NC(=O)c1ccccc1.Cl. The Morgan fingerprint density at radius 1 is 1.16 bits per heavy atom. The lowest BCUT2D eigenvalue weighted by Crippen LogP contribution is -2.40. The molecule has 2 heterocycles. The molecular formula is C19H28ClN3O2. The van der Waals surface area contributed by atoms with Crippen LogP contribution in [0.3, 0.4) is 0 Å². The number of nitrogens with one attached hydrogen (secondary N) is 2. The normalized spacial score (nSPS) is 23.8. The molecule has 0 aliphatic carbocycles. The van der Waals surface area contributed by atoms with Crippen LogP contribution in [0.15, 0.2) is 30.3 Å². The topological polar surface area (TPSA) is 61.4 Å². The molecule has 1 aromatic carbocycles. The number of likely N-dealkylation sites (tertiary alicyclic amines) is 1. The number of hydrogen-bond donors (Lipinski definition) is 2. The zero-order chi connectivity index (χ0) is 16.9. The van der Waals surface area contributed by atoms with Gasteiger partial charge in [-0.1, -0.05) is 18.2 Å². The van der Waals surface area contributed by atoms with Gasteiger partial charge in [0, 0.05) is 31.1 Å². The van der Waals surface area contributed by atoms with Crippen LogP contribution in [0.2, 0.25) is 0 Å². The molecule has 0 spiro atoms. The van der Waals surface area contributed by atoms with E-state index in [9.17, 15) is 9.59 Å². The molecule has 2 N–H and O–H groups in total. The van der Waals surface area contributed by atoms with Gasteiger partial charge in [0.05, 0.1) is 0 Å². The molecule has 0 radical (unpaired) electrons. The monoisotopic (exact) mass is 365 g/mol. The van der Waals surface area contributed by atoms with E-state index in [4.69, 9.17) is 0 Å². The number of benzene rings is 1. The number of halogens is 1. The maximum atomic E-state index is 12.6. The Labute approximate surface area is 155 Å². The molecule has 0 saturated carbocycles. The van der Waals surface area contributed by atoms with Crippen molar-refractivity contribution >= 4 is 24.2 Å². The van der Waals surface area contributed by atoms with E-state index < -0.39 is 0 Å². The average molecular weight is 366 g/mol. The molecule has 2 saturated heterocycles. The van der Waals surface area contributed by atoms with E-state index in [0.717, 1.165) is 50.9 Å². The summed E-state index contributed by atoms with van der Waals surface area (Å²) in [7, 11) is 0. The predicted octanol–water partition coefficient (Wildman–Crippen LogP) is 2.07. The van der Waals surface area contributed by atoms with Crippen molar-refractivity contribution in [3.8, 4) is 0 Å². The van der Waals surface area contributed by atoms with Gasteiger partial charge in [0.2, 0.25) is 5.91 Å². The molecule has 2 amide bonds. The molecule has 3 atom stereocenters. The van der Waals surface area contributed by atoms with Crippen molar-refractivity contribution in [3.63, 3.8) is 0 Å². The molecule has 5 nitrogen and oxygen atoms in total. The number of nitrogens with zero attached hydrogens (tertiary/aromatic N) is 1. The van der Waals surface area contributed by atoms with Crippen molar-refractivity contribution in [1.29, 1.82) is 0 Å². The predicted molar refractivity (Wildman–Crippen MR) is 101 cm³/mol. The Balaban J connectivity index is 0.00000225. The van der Waals surface area contributed by atoms with Gasteiger partial charge in [-0.05, 0) is 56.8 Å². The van der Waals surface area contributed by atoms with Crippen molar-refractivity contribution < 1.29 is 9.59 Å². The summed E-state index contributed by atoms with van der Waals surface area (Å²) in [6, 6.07) is 8.97. The molecule has 1 unspecified atom stereocenters. The van der Waals surface area contributed by atoms with E-state index in [-0.39, 0.29) is 30.3 Å². The lowest BCUT2D eigenvalue weighted by atomic mass is 9.92. The van der Waals surface area contributed by atoms with Crippen LogP contribution >= 0.6 is 12.4 Å². The molecule has 6 heteroatoms. The van der Waals surface area contributed by atoms with Crippen LogP contribution in [0, 0.1) is 11.8 Å². The summed E-state index contributed by atoms with van der Waals surface area (Å²) in [4.78, 5) is 26.7. The fraction of sp³-hybridized carbons (Fsp3) is 0.579. The van der Waals surface area contributed by atoms with Crippen LogP contribution in [-0.4, -0.2) is 48.9 Å². The highest BCUT2D eigenvalue weighted by Gasteiger charge is 2.31. The lowest BCUT2D eigenvalue weighted by molar-refractivity contribution is -0.131. The fourth-order valence-corrected chi connectivity index (χ4v) is 3.81. The Hall–Kier alpha value is -1.59. The Morgan fingerprint density at radius 3 is 2.36 bits per heavy atom. The second kappa shape index (κ2) is 9.20. The summed E-state index contributed by atoms with van der Waals surface area (Å²) in [5.74, 6) is 1.48. The molecule has 0 aromatic heterocycles. The van der Waals surface area contributed by atoms with Gasteiger partial charge in [0.15, 0.2) is 0 Å². The first-order valence-corrected chi connectivity index (χ1v) is 8.98. The van der Waals surface area contributed by atoms with Gasteiger partial charge < -0.3 is 15.5 Å². The molecule has 1 aromatic rings. The first-order valence-electron chi connectivity index (χ1n) is 8.98. The van der Waals surface area contributed by atoms with E-state index in [0.29, 0.717) is 12.0 Å². The second-order valence-electron chi connectivity index (χ2n) is 7.08. The maximum Gasteiger partial charge on any atom is 0.251 e. The molecule has 2 aliphatic heterocycles. The number of carbonyl (C=O) groups is 2. The number of rotatable bonds is 4. The minimum absolute atomic E-state index is 0. The van der Waals surface area contributed by atoms with Crippen molar-refractivity contribution in [2.24, 2.45) is 11.8 Å². The van der Waals surface area contributed by atoms with Crippen molar-refractivity contribution in [2.75, 3.05) is 26.2 Å². The Kier molecular flexibility index (Phi) is 7.26. The minimum atomic E-state index is -0.158. The summed E-state index contributed by atoms with van der Waals surface area (Å²) in [5, 5.41) is 6.38. The highest BCUT2D eigenvalue weighted by atomic mass is 35.5. The van der Waals surface area contributed by atoms with Crippen molar-refractivity contribution in [2.45, 2.75) is 32.2 Å². The maximum absolute atomic E-state index is 12.6. The second-order valence-corrected chi connectivity index (χ2v) is 7.08. The molecular weight excluding hydrogens is 338 g/mol. The average Bonchev–Trinajstić information content (AvgIpc) is 2.93. The van der Waals surface area contributed by atoms with Gasteiger partial charge >= 0.3 is 0 Å². The number of hydrogen-bond acceptors (Lipinski definition) is 3. The minimum Gasteiger partial charge on any atom is -0.349 e. The van der Waals surface area contributed by atoms with Gasteiger partial charge in [-0.2, -0.15) is 0 Å². The van der Waals surface area contributed by atoms with Crippen LogP contribution in [0.1, 0.15) is 36.5 Å². The van der Waals surface area contributed by atoms with Crippen LogP contribution in [0.5, 0.6) is 0 Å². The number of amides is 2. The van der Waals surface area contributed by atoms with Crippen LogP contribution in [0.4, 0.5) is 0 Å². The molecule has 3 rings (SSSR count). The van der Waals surface area contributed by atoms with Crippen LogP contribution in [0.25, 0.3) is 0 Å². The summed E-state index contributed by atoms with van der Waals surface area (Å²) in [6.45, 7) is 5.78. The quantitative estimate of drug-likeness (QED) is 0.858. The van der Waals surface area contributed by atoms with Gasteiger partial charge in [-0.15, -0.1) is 12.4 Å². The summed E-state index contributed by atoms with van der Waals surface area (Å²) in [6.07, 6.45) is 2.55. The van der Waals surface area contributed by atoms with E-state index in [2.05, 4.69) is 10.6 Å². The number of carbonyl (C=O) groups excluding carboxylic acids is 2. The van der Waals surface area contributed by atoms with E-state index in [1.165, 1.54) is 0 Å². The summed E-state index contributed by atoms with van der Waals surface area (Å²) >= 11 is 0. The molecule has 2 aliphatic rings. The first kappa shape index (κ1) is 19.7. The highest BCUT2D eigenvalue weighted by Crippen LogP contribution is 2.27. The summed E-state index contributed by atoms with van der Waals surface area (Å²) in [5.41, 5.74) is 0.631. The van der Waals surface area contributed by atoms with E-state index >= 15 is 0 Å². The van der Waals surface area contributed by atoms with E-state index in [1.807, 2.05) is 30.0 Å². The van der Waals surface area contributed by atoms with Crippen molar-refractivity contribution in [3.05, 3.63) is 35.9 Å². The van der Waals surface area contributed by atoms with Gasteiger partial charge in [-0.25, -0.2) is 0 Å². The lowest BCUT2D eigenvalue weighted by Gasteiger charge is -2.23. The van der Waals surface area contributed by atoms with Crippen LogP contribution < -0.4 is 10.6 Å². The third-order valence-electron chi connectivity index (χ3n) is 5.27. The first-order chi connectivity index (χ1) is 11.6. The Morgan fingerprint density at radius 2 is 1.76 bits per heavy atom. The van der Waals surface area contributed by atoms with Gasteiger partial charge in [0.25, 0.3) is 5.91 Å². The van der Waals surface area contributed by atoms with Crippen LogP contribution in [-0.2, 0) is 4.79 Å². The smallest absolute Gasteiger partial charge is 0.251 e. The summed E-state index contributed by atoms with van der Waals surface area (Å²) < 4.78 is 0. The van der Waals surface area contributed by atoms with Gasteiger partial charge in [-0.3, -0.25) is 9.59 Å². The number of fused-ring (bicyclic) bond motifs is 1. The standard InChI is InChI=1S/C19H27N3O2.ClH/c1-14(21-19(24)15-5-3-2-4-6-15)11-18(23)22-9-7-16-12-20-13-17(16)8-10-22;/h2-6,14,16-17,20H,7-13H2,1H3,(H,21,24);1H/t14?,16-,17+;. The third-order valence-corrected chi connectivity index (χ3v) is 5.27. The fourth-order valence-electron chi connectivity index (χ4n) is 3.81. The van der Waals surface area contributed by atoms with Gasteiger partial charge in [0.1, 0.15) is 0 Å². The molecule has 138 valence electrons. The Bertz CT molecular complexity index is 567. The molecule has 0 bridgehead atoms. The molecule has 25 heavy (non-hydrogen) atoms. The molecule has 2 fully saturated rings. The largest absolute Gasteiger partial charge is 0.349 e. The van der Waals surface area contributed by atoms with E-state index in [1.54, 1.807) is 12.1 Å². The zero-order valence-corrected chi connectivity index (χ0v) is 15.6. The van der Waals surface area contributed by atoms with Crippen molar-refractivity contribution in [1.82, 2.24) is 15.5 Å². The highest BCUT2D eigenvalue weighted by molar-refractivity contribution is 5.94.